The molecule has 0 bridgehead atoms. The van der Waals surface area contributed by atoms with Gasteiger partial charge in [-0.05, 0) is 6.42 Å². The summed E-state index contributed by atoms with van der Waals surface area (Å²) in [5.41, 5.74) is 4.98. The molecule has 1 unspecified atom stereocenters. The fourth-order valence-electron chi connectivity index (χ4n) is 1.44. The van der Waals surface area contributed by atoms with Gasteiger partial charge in [0, 0.05) is 32.6 Å². The van der Waals surface area contributed by atoms with Crippen LogP contribution < -0.4 is 21.7 Å². The molecule has 0 aromatic heterocycles. The first-order chi connectivity index (χ1) is 7.20. The minimum Gasteiger partial charge on any atom is -0.370 e. The first kappa shape index (κ1) is 11.9. The van der Waals surface area contributed by atoms with E-state index >= 15 is 0 Å². The van der Waals surface area contributed by atoms with Crippen molar-refractivity contribution in [3.8, 4) is 0 Å². The Kier molecular flexibility index (Phi) is 5.06. The summed E-state index contributed by atoms with van der Waals surface area (Å²) in [6.07, 6.45) is 0.915. The maximum Gasteiger partial charge on any atom is 0.238 e. The molecular weight excluding hydrogens is 196 g/mol. The van der Waals surface area contributed by atoms with Gasteiger partial charge in [-0.15, -0.1) is 0 Å². The van der Waals surface area contributed by atoms with E-state index in [1.807, 2.05) is 0 Å². The van der Waals surface area contributed by atoms with Crippen molar-refractivity contribution in [1.82, 2.24) is 16.0 Å². The number of amides is 2. The summed E-state index contributed by atoms with van der Waals surface area (Å²) in [6, 6.07) is -0.160. The van der Waals surface area contributed by atoms with E-state index in [2.05, 4.69) is 16.0 Å². The summed E-state index contributed by atoms with van der Waals surface area (Å²) in [4.78, 5) is 21.9. The van der Waals surface area contributed by atoms with Gasteiger partial charge in [-0.3, -0.25) is 9.59 Å². The standard InChI is InChI=1S/C9H18N4O2/c10-8(14)2-1-3-13-9(15)7-6-11-4-5-12-7/h7,11-12H,1-6H2,(H2,10,14)(H,13,15). The highest BCUT2D eigenvalue weighted by Crippen LogP contribution is 1.89. The summed E-state index contributed by atoms with van der Waals surface area (Å²) < 4.78 is 0. The smallest absolute Gasteiger partial charge is 0.238 e. The average Bonchev–Trinajstić information content (AvgIpc) is 2.25. The van der Waals surface area contributed by atoms with Gasteiger partial charge in [-0.25, -0.2) is 0 Å². The van der Waals surface area contributed by atoms with Crippen LogP contribution in [0.3, 0.4) is 0 Å². The van der Waals surface area contributed by atoms with Crippen LogP contribution in [-0.4, -0.2) is 44.0 Å². The molecule has 15 heavy (non-hydrogen) atoms. The molecule has 1 saturated heterocycles. The van der Waals surface area contributed by atoms with Crippen molar-refractivity contribution in [2.75, 3.05) is 26.2 Å². The summed E-state index contributed by atoms with van der Waals surface area (Å²) in [7, 11) is 0. The molecule has 1 fully saturated rings. The summed E-state index contributed by atoms with van der Waals surface area (Å²) in [5.74, 6) is -0.353. The molecule has 0 spiro atoms. The minimum absolute atomic E-state index is 0.0216. The normalized spacial score (nSPS) is 20.9. The number of nitrogens with two attached hydrogens (primary N) is 1. The highest BCUT2D eigenvalue weighted by atomic mass is 16.2. The number of rotatable bonds is 5. The van der Waals surface area contributed by atoms with E-state index in [9.17, 15) is 9.59 Å². The molecule has 6 heteroatoms. The second-order valence-electron chi connectivity index (χ2n) is 3.57. The van der Waals surface area contributed by atoms with Crippen LogP contribution in [0.25, 0.3) is 0 Å². The molecule has 1 rings (SSSR count). The molecule has 5 N–H and O–H groups in total. The van der Waals surface area contributed by atoms with Crippen molar-refractivity contribution in [2.45, 2.75) is 18.9 Å². The van der Waals surface area contributed by atoms with E-state index in [4.69, 9.17) is 5.73 Å². The van der Waals surface area contributed by atoms with Gasteiger partial charge in [0.15, 0.2) is 0 Å². The van der Waals surface area contributed by atoms with Gasteiger partial charge in [-0.1, -0.05) is 0 Å². The SMILES string of the molecule is NC(=O)CCCNC(=O)C1CNCCN1. The number of carbonyl (C=O) groups excluding carboxylic acids is 2. The quantitative estimate of drug-likeness (QED) is 0.395. The zero-order chi connectivity index (χ0) is 11.1. The van der Waals surface area contributed by atoms with Gasteiger partial charge in [0.25, 0.3) is 0 Å². The van der Waals surface area contributed by atoms with Crippen LogP contribution in [0.5, 0.6) is 0 Å². The van der Waals surface area contributed by atoms with E-state index in [-0.39, 0.29) is 17.9 Å². The Bertz CT molecular complexity index is 226. The van der Waals surface area contributed by atoms with Crippen LogP contribution in [0.4, 0.5) is 0 Å². The Labute approximate surface area is 89.0 Å². The third-order valence-corrected chi connectivity index (χ3v) is 2.26. The molecule has 1 atom stereocenters. The number of carbonyl (C=O) groups is 2. The topological polar surface area (TPSA) is 96.2 Å². The van der Waals surface area contributed by atoms with Crippen molar-refractivity contribution in [1.29, 1.82) is 0 Å². The van der Waals surface area contributed by atoms with E-state index < -0.39 is 0 Å². The lowest BCUT2D eigenvalue weighted by Gasteiger charge is -2.23. The van der Waals surface area contributed by atoms with Gasteiger partial charge in [-0.2, -0.15) is 0 Å². The van der Waals surface area contributed by atoms with Crippen LogP contribution in [0.1, 0.15) is 12.8 Å². The second-order valence-corrected chi connectivity index (χ2v) is 3.57. The molecule has 0 radical (unpaired) electrons. The molecule has 1 heterocycles. The highest BCUT2D eigenvalue weighted by molar-refractivity contribution is 5.82. The molecular formula is C9H18N4O2. The predicted molar refractivity (Wildman–Crippen MR) is 56.1 cm³/mol. The molecule has 1 aliphatic heterocycles. The molecule has 86 valence electrons. The van der Waals surface area contributed by atoms with E-state index in [1.165, 1.54) is 0 Å². The third kappa shape index (κ3) is 4.75. The Morgan fingerprint density at radius 1 is 1.40 bits per heavy atom. The van der Waals surface area contributed by atoms with Gasteiger partial charge < -0.3 is 21.7 Å². The number of piperazine rings is 1. The maximum absolute atomic E-state index is 11.5. The Hall–Kier alpha value is -1.14. The van der Waals surface area contributed by atoms with Gasteiger partial charge in [0.2, 0.25) is 11.8 Å². The molecule has 0 aliphatic carbocycles. The van der Waals surface area contributed by atoms with E-state index in [0.717, 1.165) is 13.1 Å². The van der Waals surface area contributed by atoms with Gasteiger partial charge in [0.1, 0.15) is 0 Å². The summed E-state index contributed by atoms with van der Waals surface area (Å²) in [5, 5.41) is 8.99. The first-order valence-corrected chi connectivity index (χ1v) is 5.20. The number of primary amides is 1. The van der Waals surface area contributed by atoms with Crippen molar-refractivity contribution >= 4 is 11.8 Å². The van der Waals surface area contributed by atoms with E-state index in [0.29, 0.717) is 25.9 Å². The molecule has 2 amide bonds. The Balaban J connectivity index is 2.09. The van der Waals surface area contributed by atoms with Gasteiger partial charge >= 0.3 is 0 Å². The van der Waals surface area contributed by atoms with E-state index in [1.54, 1.807) is 0 Å². The Morgan fingerprint density at radius 3 is 2.80 bits per heavy atom. The lowest BCUT2D eigenvalue weighted by atomic mass is 10.2. The fourth-order valence-corrected chi connectivity index (χ4v) is 1.44. The average molecular weight is 214 g/mol. The van der Waals surface area contributed by atoms with Crippen molar-refractivity contribution < 1.29 is 9.59 Å². The van der Waals surface area contributed by atoms with Crippen LogP contribution >= 0.6 is 0 Å². The maximum atomic E-state index is 11.5. The zero-order valence-corrected chi connectivity index (χ0v) is 8.71. The third-order valence-electron chi connectivity index (χ3n) is 2.26. The lowest BCUT2D eigenvalue weighted by molar-refractivity contribution is -0.123. The summed E-state index contributed by atoms with van der Waals surface area (Å²) >= 11 is 0. The van der Waals surface area contributed by atoms with Crippen LogP contribution in [-0.2, 0) is 9.59 Å². The van der Waals surface area contributed by atoms with Crippen LogP contribution in [0, 0.1) is 0 Å². The lowest BCUT2D eigenvalue weighted by Crippen LogP contribution is -2.55. The number of nitrogens with one attached hydrogen (secondary N) is 3. The van der Waals surface area contributed by atoms with Crippen molar-refractivity contribution in [3.05, 3.63) is 0 Å². The molecule has 6 nitrogen and oxygen atoms in total. The number of hydrogen-bond acceptors (Lipinski definition) is 4. The second kappa shape index (κ2) is 6.36. The largest absolute Gasteiger partial charge is 0.370 e. The molecule has 0 saturated carbocycles. The Morgan fingerprint density at radius 2 is 2.20 bits per heavy atom. The van der Waals surface area contributed by atoms with Crippen LogP contribution in [0.2, 0.25) is 0 Å². The zero-order valence-electron chi connectivity index (χ0n) is 8.71. The van der Waals surface area contributed by atoms with Crippen molar-refractivity contribution in [3.63, 3.8) is 0 Å². The van der Waals surface area contributed by atoms with Crippen molar-refractivity contribution in [2.24, 2.45) is 5.73 Å². The predicted octanol–water partition coefficient (Wildman–Crippen LogP) is -2.07. The molecule has 1 aliphatic rings. The molecule has 0 aromatic carbocycles. The fraction of sp³-hybridized carbons (Fsp3) is 0.778. The number of hydrogen-bond donors (Lipinski definition) is 4. The highest BCUT2D eigenvalue weighted by Gasteiger charge is 2.19. The minimum atomic E-state index is -0.332. The monoisotopic (exact) mass is 214 g/mol. The molecule has 0 aromatic rings. The van der Waals surface area contributed by atoms with Gasteiger partial charge in [0.05, 0.1) is 6.04 Å². The first-order valence-electron chi connectivity index (χ1n) is 5.20. The summed E-state index contributed by atoms with van der Waals surface area (Å²) in [6.45, 7) is 2.85. The van der Waals surface area contributed by atoms with Crippen LogP contribution in [0.15, 0.2) is 0 Å².